The molecule has 20 heavy (non-hydrogen) atoms. The summed E-state index contributed by atoms with van der Waals surface area (Å²) in [4.78, 5) is 26.8. The highest BCUT2D eigenvalue weighted by molar-refractivity contribution is 5.91. The minimum atomic E-state index is -0.141. The van der Waals surface area contributed by atoms with Crippen molar-refractivity contribution < 1.29 is 9.59 Å². The summed E-state index contributed by atoms with van der Waals surface area (Å²) in [7, 11) is 0. The van der Waals surface area contributed by atoms with Crippen molar-refractivity contribution in [1.82, 2.24) is 4.98 Å². The molecule has 0 unspecified atom stereocenters. The lowest BCUT2D eigenvalue weighted by Gasteiger charge is -2.15. The monoisotopic (exact) mass is 277 g/mol. The van der Waals surface area contributed by atoms with Crippen molar-refractivity contribution in [3.8, 4) is 0 Å². The van der Waals surface area contributed by atoms with Gasteiger partial charge in [0.15, 0.2) is 0 Å². The van der Waals surface area contributed by atoms with Crippen molar-refractivity contribution in [2.24, 2.45) is 5.92 Å². The summed E-state index contributed by atoms with van der Waals surface area (Å²) in [6.45, 7) is 8.04. The van der Waals surface area contributed by atoms with Gasteiger partial charge >= 0.3 is 0 Å². The molecule has 1 atom stereocenters. The van der Waals surface area contributed by atoms with E-state index in [1.54, 1.807) is 12.1 Å². The van der Waals surface area contributed by atoms with Crippen molar-refractivity contribution in [3.63, 3.8) is 0 Å². The average molecular weight is 277 g/mol. The number of carbonyl (C=O) groups excluding carboxylic acids is 2. The third-order valence-corrected chi connectivity index (χ3v) is 3.01. The Kier molecular flexibility index (Phi) is 6.15. The van der Waals surface area contributed by atoms with Crippen molar-refractivity contribution >= 4 is 23.2 Å². The highest BCUT2D eigenvalue weighted by Gasteiger charge is 2.09. The highest BCUT2D eigenvalue weighted by Crippen LogP contribution is 2.20. The van der Waals surface area contributed by atoms with Gasteiger partial charge in [0.25, 0.3) is 0 Å². The molecule has 0 spiro atoms. The van der Waals surface area contributed by atoms with E-state index < -0.39 is 0 Å². The van der Waals surface area contributed by atoms with Crippen LogP contribution in [0.4, 0.5) is 11.5 Å². The highest BCUT2D eigenvalue weighted by atomic mass is 16.1. The standard InChI is InChI=1S/C15H23N3O2/c1-5-10(2)9-16-15-14(17-12(4)20)7-6-13(18-15)8-11(3)19/h6-7,10H,5,8-9H2,1-4H3,(H,16,18)(H,17,20)/t10-/m0/s1. The predicted octanol–water partition coefficient (Wildman–Crippen LogP) is 2.63. The van der Waals surface area contributed by atoms with Gasteiger partial charge in [-0.15, -0.1) is 0 Å². The largest absolute Gasteiger partial charge is 0.368 e. The number of anilines is 2. The maximum atomic E-state index is 11.2. The molecular formula is C15H23N3O2. The zero-order valence-corrected chi connectivity index (χ0v) is 12.6. The van der Waals surface area contributed by atoms with Gasteiger partial charge in [-0.3, -0.25) is 9.59 Å². The molecule has 0 aliphatic rings. The number of rotatable bonds is 7. The van der Waals surface area contributed by atoms with Crippen LogP contribution in [0.5, 0.6) is 0 Å². The molecule has 110 valence electrons. The van der Waals surface area contributed by atoms with Crippen LogP contribution in [0.25, 0.3) is 0 Å². The first-order valence-corrected chi connectivity index (χ1v) is 6.93. The van der Waals surface area contributed by atoms with Gasteiger partial charge in [0, 0.05) is 19.9 Å². The van der Waals surface area contributed by atoms with Crippen LogP contribution >= 0.6 is 0 Å². The van der Waals surface area contributed by atoms with Gasteiger partial charge in [-0.1, -0.05) is 20.3 Å². The second kappa shape index (κ2) is 7.62. The summed E-state index contributed by atoms with van der Waals surface area (Å²) in [5.74, 6) is 1.06. The lowest BCUT2D eigenvalue weighted by Crippen LogP contribution is -2.16. The lowest BCUT2D eigenvalue weighted by molar-refractivity contribution is -0.116. The molecule has 0 aliphatic heterocycles. The van der Waals surface area contributed by atoms with Crippen LogP contribution in [0.15, 0.2) is 12.1 Å². The Balaban J connectivity index is 2.92. The van der Waals surface area contributed by atoms with Crippen molar-refractivity contribution in [2.45, 2.75) is 40.5 Å². The SMILES string of the molecule is CC[C@H](C)CNc1nc(CC(C)=O)ccc1NC(C)=O. The molecule has 1 aromatic rings. The van der Waals surface area contributed by atoms with Crippen LogP contribution in [0, 0.1) is 5.92 Å². The molecule has 0 saturated heterocycles. The van der Waals surface area contributed by atoms with Crippen LogP contribution in [0.3, 0.4) is 0 Å². The Morgan fingerprint density at radius 1 is 1.30 bits per heavy atom. The molecule has 0 aromatic carbocycles. The molecule has 1 aromatic heterocycles. The number of amides is 1. The van der Waals surface area contributed by atoms with Crippen LogP contribution in [0.1, 0.15) is 39.8 Å². The maximum Gasteiger partial charge on any atom is 0.221 e. The zero-order valence-electron chi connectivity index (χ0n) is 12.6. The summed E-state index contributed by atoms with van der Waals surface area (Å²) in [6, 6.07) is 3.55. The van der Waals surface area contributed by atoms with E-state index in [0.717, 1.165) is 13.0 Å². The van der Waals surface area contributed by atoms with Gasteiger partial charge in [0.1, 0.15) is 11.6 Å². The number of hydrogen-bond donors (Lipinski definition) is 2. The number of ketones is 1. The normalized spacial score (nSPS) is 11.8. The number of aromatic nitrogens is 1. The third-order valence-electron chi connectivity index (χ3n) is 3.01. The van der Waals surface area contributed by atoms with Crippen molar-refractivity contribution in [1.29, 1.82) is 0 Å². The molecule has 5 heteroatoms. The summed E-state index contributed by atoms with van der Waals surface area (Å²) < 4.78 is 0. The van der Waals surface area contributed by atoms with Gasteiger partial charge in [-0.25, -0.2) is 4.98 Å². The van der Waals surface area contributed by atoms with E-state index in [1.807, 2.05) is 0 Å². The van der Waals surface area contributed by atoms with Crippen molar-refractivity contribution in [3.05, 3.63) is 17.8 Å². The first-order valence-electron chi connectivity index (χ1n) is 6.93. The molecule has 2 N–H and O–H groups in total. The molecule has 0 radical (unpaired) electrons. The minimum Gasteiger partial charge on any atom is -0.368 e. The number of carbonyl (C=O) groups is 2. The van der Waals surface area contributed by atoms with Gasteiger partial charge in [-0.05, 0) is 25.0 Å². The first-order chi connectivity index (χ1) is 9.42. The van der Waals surface area contributed by atoms with Crippen LogP contribution < -0.4 is 10.6 Å². The molecule has 1 heterocycles. The number of hydrogen-bond acceptors (Lipinski definition) is 4. The van der Waals surface area contributed by atoms with Crippen molar-refractivity contribution in [2.75, 3.05) is 17.2 Å². The van der Waals surface area contributed by atoms with E-state index in [9.17, 15) is 9.59 Å². The molecule has 0 saturated carbocycles. The molecule has 1 rings (SSSR count). The average Bonchev–Trinajstić information content (AvgIpc) is 2.37. The number of pyridine rings is 1. The Morgan fingerprint density at radius 2 is 2.00 bits per heavy atom. The fourth-order valence-electron chi connectivity index (χ4n) is 1.69. The fourth-order valence-corrected chi connectivity index (χ4v) is 1.69. The summed E-state index contributed by atoms with van der Waals surface area (Å²) in [5, 5.41) is 5.99. The number of nitrogens with one attached hydrogen (secondary N) is 2. The predicted molar refractivity (Wildman–Crippen MR) is 80.9 cm³/mol. The Morgan fingerprint density at radius 3 is 2.55 bits per heavy atom. The first kappa shape index (κ1) is 16.1. The maximum absolute atomic E-state index is 11.2. The smallest absolute Gasteiger partial charge is 0.221 e. The topological polar surface area (TPSA) is 71.1 Å². The quantitative estimate of drug-likeness (QED) is 0.803. The van der Waals surface area contributed by atoms with Gasteiger partial charge < -0.3 is 10.6 Å². The van der Waals surface area contributed by atoms with E-state index >= 15 is 0 Å². The van der Waals surface area contributed by atoms with E-state index in [1.165, 1.54) is 13.8 Å². The molecular weight excluding hydrogens is 254 g/mol. The zero-order chi connectivity index (χ0) is 15.1. The Labute approximate surface area is 120 Å². The molecule has 1 amide bonds. The van der Waals surface area contributed by atoms with Gasteiger partial charge in [-0.2, -0.15) is 0 Å². The summed E-state index contributed by atoms with van der Waals surface area (Å²) in [5.41, 5.74) is 1.35. The van der Waals surface area contributed by atoms with Crippen LogP contribution in [-0.2, 0) is 16.0 Å². The number of nitrogens with zero attached hydrogens (tertiary/aromatic N) is 1. The summed E-state index contributed by atoms with van der Waals surface area (Å²) in [6.07, 6.45) is 1.37. The van der Waals surface area contributed by atoms with E-state index in [-0.39, 0.29) is 11.7 Å². The van der Waals surface area contributed by atoms with Gasteiger partial charge in [0.05, 0.1) is 11.4 Å². The van der Waals surface area contributed by atoms with Gasteiger partial charge in [0.2, 0.25) is 5.91 Å². The lowest BCUT2D eigenvalue weighted by atomic mass is 10.1. The minimum absolute atomic E-state index is 0.0673. The Bertz CT molecular complexity index is 486. The summed E-state index contributed by atoms with van der Waals surface area (Å²) >= 11 is 0. The second-order valence-electron chi connectivity index (χ2n) is 5.15. The fraction of sp³-hybridized carbons (Fsp3) is 0.533. The van der Waals surface area contributed by atoms with E-state index in [0.29, 0.717) is 29.5 Å². The third kappa shape index (κ3) is 5.38. The van der Waals surface area contributed by atoms with Crippen LogP contribution in [0.2, 0.25) is 0 Å². The number of Topliss-reactive ketones (excluding diaryl/α,β-unsaturated/α-hetero) is 1. The molecule has 0 fully saturated rings. The van der Waals surface area contributed by atoms with Crippen LogP contribution in [-0.4, -0.2) is 23.2 Å². The Hall–Kier alpha value is -1.91. The van der Waals surface area contributed by atoms with E-state index in [4.69, 9.17) is 0 Å². The molecule has 5 nitrogen and oxygen atoms in total. The molecule has 0 aliphatic carbocycles. The second-order valence-corrected chi connectivity index (χ2v) is 5.15. The molecule has 0 bridgehead atoms. The van der Waals surface area contributed by atoms with E-state index in [2.05, 4.69) is 29.5 Å².